The van der Waals surface area contributed by atoms with Crippen LogP contribution in [0.2, 0.25) is 0 Å². The first-order valence-electron chi connectivity index (χ1n) is 8.03. The normalized spacial score (nSPS) is 11.5. The van der Waals surface area contributed by atoms with Crippen molar-refractivity contribution in [2.75, 3.05) is 5.32 Å². The fourth-order valence-corrected chi connectivity index (χ4v) is 2.63. The summed E-state index contributed by atoms with van der Waals surface area (Å²) in [4.78, 5) is 4.52. The molecule has 116 valence electrons. The zero-order chi connectivity index (χ0) is 16.2. The van der Waals surface area contributed by atoms with E-state index in [1.165, 1.54) is 16.3 Å². The average Bonchev–Trinajstić information content (AvgIpc) is 2.56. The molecule has 0 fully saturated rings. The molecular formula is C21H22N2. The Balaban J connectivity index is 2.05. The number of anilines is 2. The van der Waals surface area contributed by atoms with Gasteiger partial charge in [0.2, 0.25) is 0 Å². The summed E-state index contributed by atoms with van der Waals surface area (Å²) in [6, 6.07) is 21.4. The summed E-state index contributed by atoms with van der Waals surface area (Å²) in [6.07, 6.45) is 1.95. The molecule has 2 heteroatoms. The first-order valence-corrected chi connectivity index (χ1v) is 8.03. The molecule has 3 aromatic rings. The molecule has 0 aromatic heterocycles. The predicted molar refractivity (Wildman–Crippen MR) is 101 cm³/mol. The number of aliphatic imine (C=N–C) groups is 1. The molecule has 23 heavy (non-hydrogen) atoms. The van der Waals surface area contributed by atoms with Crippen LogP contribution in [-0.4, -0.2) is 12.3 Å². The highest BCUT2D eigenvalue weighted by Crippen LogP contribution is 2.30. The van der Waals surface area contributed by atoms with Crippen LogP contribution in [0.25, 0.3) is 10.8 Å². The maximum absolute atomic E-state index is 4.52. The van der Waals surface area contributed by atoms with Gasteiger partial charge in [0.1, 0.15) is 0 Å². The van der Waals surface area contributed by atoms with Crippen LogP contribution in [0.15, 0.2) is 65.7 Å². The molecule has 0 radical (unpaired) electrons. The quantitative estimate of drug-likeness (QED) is 0.612. The van der Waals surface area contributed by atoms with Gasteiger partial charge in [0.15, 0.2) is 0 Å². The first-order chi connectivity index (χ1) is 11.1. The third-order valence-corrected chi connectivity index (χ3v) is 3.87. The molecule has 0 saturated carbocycles. The lowest BCUT2D eigenvalue weighted by Crippen LogP contribution is -1.99. The number of rotatable bonds is 4. The van der Waals surface area contributed by atoms with Crippen molar-refractivity contribution in [2.24, 2.45) is 4.99 Å². The summed E-state index contributed by atoms with van der Waals surface area (Å²) in [5, 5.41) is 6.10. The van der Waals surface area contributed by atoms with Gasteiger partial charge in [0, 0.05) is 34.6 Å². The lowest BCUT2D eigenvalue weighted by molar-refractivity contribution is 0.841. The van der Waals surface area contributed by atoms with Crippen LogP contribution in [0.3, 0.4) is 0 Å². The summed E-state index contributed by atoms with van der Waals surface area (Å²) in [5.74, 6) is 0. The van der Waals surface area contributed by atoms with E-state index in [1.54, 1.807) is 0 Å². The number of benzene rings is 3. The van der Waals surface area contributed by atoms with E-state index in [9.17, 15) is 0 Å². The van der Waals surface area contributed by atoms with Gasteiger partial charge in [0.25, 0.3) is 0 Å². The third-order valence-electron chi connectivity index (χ3n) is 3.87. The lowest BCUT2D eigenvalue weighted by atomic mass is 10.0. The second kappa shape index (κ2) is 6.66. The van der Waals surface area contributed by atoms with E-state index in [0.29, 0.717) is 6.04 Å². The Morgan fingerprint density at radius 3 is 2.48 bits per heavy atom. The van der Waals surface area contributed by atoms with E-state index >= 15 is 0 Å². The Labute approximate surface area is 137 Å². The van der Waals surface area contributed by atoms with Gasteiger partial charge in [-0.1, -0.05) is 54.6 Å². The Morgan fingerprint density at radius 1 is 0.913 bits per heavy atom. The van der Waals surface area contributed by atoms with Crippen LogP contribution < -0.4 is 5.32 Å². The molecule has 0 amide bonds. The second-order valence-corrected chi connectivity index (χ2v) is 6.06. The van der Waals surface area contributed by atoms with Crippen LogP contribution in [0.1, 0.15) is 25.0 Å². The number of fused-ring (bicyclic) bond motifs is 1. The van der Waals surface area contributed by atoms with Gasteiger partial charge in [0.05, 0.1) is 0 Å². The average molecular weight is 302 g/mol. The van der Waals surface area contributed by atoms with E-state index in [4.69, 9.17) is 0 Å². The van der Waals surface area contributed by atoms with Crippen molar-refractivity contribution in [1.29, 1.82) is 0 Å². The molecule has 1 N–H and O–H groups in total. The van der Waals surface area contributed by atoms with Crippen molar-refractivity contribution in [3.8, 4) is 0 Å². The predicted octanol–water partition coefficient (Wildman–Crippen LogP) is 5.72. The number of para-hydroxylation sites is 1. The Kier molecular flexibility index (Phi) is 4.42. The van der Waals surface area contributed by atoms with E-state index in [0.717, 1.165) is 16.9 Å². The van der Waals surface area contributed by atoms with E-state index in [2.05, 4.69) is 85.7 Å². The molecule has 0 atom stereocenters. The van der Waals surface area contributed by atoms with Crippen LogP contribution in [-0.2, 0) is 0 Å². The largest absolute Gasteiger partial charge is 0.354 e. The highest BCUT2D eigenvalue weighted by atomic mass is 14.9. The van der Waals surface area contributed by atoms with Crippen molar-refractivity contribution in [3.63, 3.8) is 0 Å². The highest BCUT2D eigenvalue weighted by Gasteiger charge is 2.07. The molecular weight excluding hydrogens is 280 g/mol. The minimum Gasteiger partial charge on any atom is -0.354 e. The zero-order valence-corrected chi connectivity index (χ0v) is 13.9. The van der Waals surface area contributed by atoms with Gasteiger partial charge in [-0.25, -0.2) is 0 Å². The molecule has 0 aliphatic heterocycles. The second-order valence-electron chi connectivity index (χ2n) is 6.06. The number of hydrogen-bond acceptors (Lipinski definition) is 2. The molecule has 0 heterocycles. The minimum atomic E-state index is 0.294. The third kappa shape index (κ3) is 3.42. The highest BCUT2D eigenvalue weighted by molar-refractivity contribution is 5.99. The van der Waals surface area contributed by atoms with Gasteiger partial charge in [-0.2, -0.15) is 0 Å². The standard InChI is InChI=1S/C21H22N2/c1-15(2)22-14-18-9-5-7-11-20(18)23-21-16(3)12-13-17-8-4-6-10-19(17)21/h4-15,23H,1-3H3. The fourth-order valence-electron chi connectivity index (χ4n) is 2.63. The summed E-state index contributed by atoms with van der Waals surface area (Å²) in [6.45, 7) is 6.31. The number of nitrogens with one attached hydrogen (secondary N) is 1. The monoisotopic (exact) mass is 302 g/mol. The van der Waals surface area contributed by atoms with Crippen LogP contribution in [0.5, 0.6) is 0 Å². The molecule has 0 bridgehead atoms. The zero-order valence-electron chi connectivity index (χ0n) is 13.9. The van der Waals surface area contributed by atoms with E-state index in [-0.39, 0.29) is 0 Å². The van der Waals surface area contributed by atoms with Crippen LogP contribution >= 0.6 is 0 Å². The molecule has 3 rings (SSSR count). The minimum absolute atomic E-state index is 0.294. The summed E-state index contributed by atoms with van der Waals surface area (Å²) in [7, 11) is 0. The van der Waals surface area contributed by atoms with Crippen molar-refractivity contribution < 1.29 is 0 Å². The number of nitrogens with zero attached hydrogens (tertiary/aromatic N) is 1. The summed E-state index contributed by atoms with van der Waals surface area (Å²) in [5.41, 5.74) is 4.58. The number of aryl methyl sites for hydroxylation is 1. The summed E-state index contributed by atoms with van der Waals surface area (Å²) < 4.78 is 0. The van der Waals surface area contributed by atoms with Crippen molar-refractivity contribution in [3.05, 3.63) is 71.8 Å². The SMILES string of the molecule is Cc1ccc2ccccc2c1Nc1ccccc1C=NC(C)C. The van der Waals surface area contributed by atoms with Crippen LogP contribution in [0.4, 0.5) is 11.4 Å². The smallest absolute Gasteiger partial charge is 0.0493 e. The summed E-state index contributed by atoms with van der Waals surface area (Å²) >= 11 is 0. The van der Waals surface area contributed by atoms with Gasteiger partial charge < -0.3 is 5.32 Å². The van der Waals surface area contributed by atoms with E-state index in [1.807, 2.05) is 12.3 Å². The van der Waals surface area contributed by atoms with E-state index < -0.39 is 0 Å². The lowest BCUT2D eigenvalue weighted by Gasteiger charge is -2.15. The fraction of sp³-hybridized carbons (Fsp3) is 0.190. The van der Waals surface area contributed by atoms with Gasteiger partial charge in [-0.15, -0.1) is 0 Å². The van der Waals surface area contributed by atoms with Gasteiger partial charge in [-0.3, -0.25) is 4.99 Å². The molecule has 2 nitrogen and oxygen atoms in total. The maximum atomic E-state index is 4.52. The maximum Gasteiger partial charge on any atom is 0.0493 e. The molecule has 0 unspecified atom stereocenters. The van der Waals surface area contributed by atoms with Crippen molar-refractivity contribution in [2.45, 2.75) is 26.8 Å². The van der Waals surface area contributed by atoms with Crippen molar-refractivity contribution in [1.82, 2.24) is 0 Å². The molecule has 0 aliphatic carbocycles. The Hall–Kier alpha value is -2.61. The Morgan fingerprint density at radius 2 is 1.65 bits per heavy atom. The molecule has 3 aromatic carbocycles. The number of hydrogen-bond donors (Lipinski definition) is 1. The van der Waals surface area contributed by atoms with Gasteiger partial charge >= 0.3 is 0 Å². The van der Waals surface area contributed by atoms with Crippen molar-refractivity contribution >= 4 is 28.4 Å². The Bertz CT molecular complexity index is 847. The van der Waals surface area contributed by atoms with Crippen LogP contribution in [0, 0.1) is 6.92 Å². The first kappa shape index (κ1) is 15.3. The molecule has 0 spiro atoms. The topological polar surface area (TPSA) is 24.4 Å². The molecule has 0 aliphatic rings. The molecule has 0 saturated heterocycles. The van der Waals surface area contributed by atoms with Gasteiger partial charge in [-0.05, 0) is 37.8 Å².